The highest BCUT2D eigenvalue weighted by Gasteiger charge is 2.08. The van der Waals surface area contributed by atoms with Gasteiger partial charge in [0.2, 0.25) is 0 Å². The van der Waals surface area contributed by atoms with Gasteiger partial charge in [0.1, 0.15) is 11.6 Å². The summed E-state index contributed by atoms with van der Waals surface area (Å²) in [4.78, 5) is 19.7. The van der Waals surface area contributed by atoms with Gasteiger partial charge in [0.05, 0.1) is 5.56 Å². The van der Waals surface area contributed by atoms with Gasteiger partial charge in [-0.3, -0.25) is 0 Å². The van der Waals surface area contributed by atoms with Gasteiger partial charge in [0.15, 0.2) is 0 Å². The molecule has 106 valence electrons. The van der Waals surface area contributed by atoms with E-state index >= 15 is 0 Å². The van der Waals surface area contributed by atoms with Crippen molar-refractivity contribution in [1.29, 1.82) is 0 Å². The average Bonchev–Trinajstić information content (AvgIpc) is 2.84. The average molecular weight is 274 g/mol. The summed E-state index contributed by atoms with van der Waals surface area (Å²) in [5.41, 5.74) is 1.03. The number of anilines is 1. The second-order valence-electron chi connectivity index (χ2n) is 4.52. The van der Waals surface area contributed by atoms with Gasteiger partial charge >= 0.3 is 5.97 Å². The fourth-order valence-electron chi connectivity index (χ4n) is 1.92. The predicted molar refractivity (Wildman–Crippen MR) is 76.0 cm³/mol. The number of aromatic carboxylic acids is 1. The standard InChI is InChI=1S/C14H18N4O2/c1-3-11-8-10(14(19)20)9-12(17-11)15-5-4-13-16-6-7-18(13)2/h6-9H,3-5H2,1-2H3,(H,15,17)(H,19,20). The highest BCUT2D eigenvalue weighted by atomic mass is 16.4. The van der Waals surface area contributed by atoms with E-state index in [0.29, 0.717) is 18.8 Å². The number of pyridine rings is 1. The van der Waals surface area contributed by atoms with Crippen LogP contribution < -0.4 is 5.32 Å². The third-order valence-electron chi connectivity index (χ3n) is 3.06. The van der Waals surface area contributed by atoms with Crippen molar-refractivity contribution in [3.63, 3.8) is 0 Å². The lowest BCUT2D eigenvalue weighted by molar-refractivity contribution is 0.0696. The molecule has 0 bridgehead atoms. The number of carboxylic acids is 1. The summed E-state index contributed by atoms with van der Waals surface area (Å²) in [7, 11) is 1.95. The molecule has 2 heterocycles. The van der Waals surface area contributed by atoms with E-state index in [1.807, 2.05) is 24.7 Å². The van der Waals surface area contributed by atoms with E-state index in [-0.39, 0.29) is 5.56 Å². The summed E-state index contributed by atoms with van der Waals surface area (Å²) in [5, 5.41) is 12.2. The van der Waals surface area contributed by atoms with Crippen molar-refractivity contribution >= 4 is 11.8 Å². The molecule has 0 radical (unpaired) electrons. The first kappa shape index (κ1) is 14.0. The molecule has 6 nitrogen and oxygen atoms in total. The summed E-state index contributed by atoms with van der Waals surface area (Å²) in [6, 6.07) is 3.16. The second kappa shape index (κ2) is 6.18. The van der Waals surface area contributed by atoms with Gasteiger partial charge in [-0.15, -0.1) is 0 Å². The van der Waals surface area contributed by atoms with Crippen LogP contribution in [0.15, 0.2) is 24.5 Å². The smallest absolute Gasteiger partial charge is 0.335 e. The highest BCUT2D eigenvalue weighted by Crippen LogP contribution is 2.11. The molecule has 0 aliphatic rings. The van der Waals surface area contributed by atoms with E-state index in [4.69, 9.17) is 5.11 Å². The van der Waals surface area contributed by atoms with E-state index in [0.717, 1.165) is 17.9 Å². The number of imidazole rings is 1. The normalized spacial score (nSPS) is 10.5. The van der Waals surface area contributed by atoms with Gasteiger partial charge in [-0.2, -0.15) is 0 Å². The van der Waals surface area contributed by atoms with Crippen LogP contribution >= 0.6 is 0 Å². The Morgan fingerprint density at radius 3 is 2.85 bits per heavy atom. The van der Waals surface area contributed by atoms with Crippen LogP contribution in [0.4, 0.5) is 5.82 Å². The lowest BCUT2D eigenvalue weighted by Crippen LogP contribution is -2.11. The maximum atomic E-state index is 11.1. The molecule has 0 aromatic carbocycles. The van der Waals surface area contributed by atoms with Crippen molar-refractivity contribution < 1.29 is 9.90 Å². The molecule has 2 aromatic heterocycles. The molecule has 2 aromatic rings. The minimum Gasteiger partial charge on any atom is -0.478 e. The van der Waals surface area contributed by atoms with Crippen molar-refractivity contribution in [2.24, 2.45) is 7.05 Å². The number of aryl methyl sites for hydroxylation is 2. The Morgan fingerprint density at radius 2 is 2.25 bits per heavy atom. The number of hydrogen-bond acceptors (Lipinski definition) is 4. The van der Waals surface area contributed by atoms with Crippen LogP contribution in [0.1, 0.15) is 28.8 Å². The summed E-state index contributed by atoms with van der Waals surface area (Å²) in [5.74, 6) is 0.632. The van der Waals surface area contributed by atoms with Crippen LogP contribution in [0.2, 0.25) is 0 Å². The third kappa shape index (κ3) is 3.34. The Labute approximate surface area is 117 Å². The maximum absolute atomic E-state index is 11.1. The van der Waals surface area contributed by atoms with E-state index < -0.39 is 5.97 Å². The summed E-state index contributed by atoms with van der Waals surface area (Å²) in [6.07, 6.45) is 5.11. The Bertz CT molecular complexity index is 607. The van der Waals surface area contributed by atoms with Gasteiger partial charge in [-0.05, 0) is 18.6 Å². The molecule has 0 fully saturated rings. The summed E-state index contributed by atoms with van der Waals surface area (Å²) < 4.78 is 1.96. The van der Waals surface area contributed by atoms with Gasteiger partial charge < -0.3 is 15.0 Å². The van der Waals surface area contributed by atoms with Crippen LogP contribution in [-0.2, 0) is 19.9 Å². The Hall–Kier alpha value is -2.37. The topological polar surface area (TPSA) is 80.0 Å². The van der Waals surface area contributed by atoms with Crippen molar-refractivity contribution in [3.05, 3.63) is 41.6 Å². The molecule has 0 aliphatic carbocycles. The predicted octanol–water partition coefficient (Wildman–Crippen LogP) is 1.73. The van der Waals surface area contributed by atoms with Crippen molar-refractivity contribution in [3.8, 4) is 0 Å². The SMILES string of the molecule is CCc1cc(C(=O)O)cc(NCCc2nccn2C)n1. The summed E-state index contributed by atoms with van der Waals surface area (Å²) >= 11 is 0. The lowest BCUT2D eigenvalue weighted by Gasteiger charge is -2.08. The molecule has 0 unspecified atom stereocenters. The maximum Gasteiger partial charge on any atom is 0.335 e. The van der Waals surface area contributed by atoms with Gasteiger partial charge in [-0.25, -0.2) is 14.8 Å². The number of nitrogens with one attached hydrogen (secondary N) is 1. The van der Waals surface area contributed by atoms with E-state index in [1.165, 1.54) is 0 Å². The first-order chi connectivity index (χ1) is 9.60. The lowest BCUT2D eigenvalue weighted by atomic mass is 10.2. The van der Waals surface area contributed by atoms with E-state index in [2.05, 4.69) is 15.3 Å². The minimum atomic E-state index is -0.936. The van der Waals surface area contributed by atoms with Crippen molar-refractivity contribution in [2.45, 2.75) is 19.8 Å². The van der Waals surface area contributed by atoms with Gasteiger partial charge in [0, 0.05) is 38.1 Å². The Kier molecular flexibility index (Phi) is 4.34. The van der Waals surface area contributed by atoms with Crippen LogP contribution in [0.25, 0.3) is 0 Å². The fraction of sp³-hybridized carbons (Fsp3) is 0.357. The first-order valence-electron chi connectivity index (χ1n) is 6.54. The van der Waals surface area contributed by atoms with Gasteiger partial charge in [0.25, 0.3) is 0 Å². The largest absolute Gasteiger partial charge is 0.478 e. The highest BCUT2D eigenvalue weighted by molar-refractivity contribution is 5.88. The zero-order chi connectivity index (χ0) is 14.5. The van der Waals surface area contributed by atoms with Crippen molar-refractivity contribution in [1.82, 2.24) is 14.5 Å². The molecule has 0 saturated heterocycles. The zero-order valence-corrected chi connectivity index (χ0v) is 11.6. The van der Waals surface area contributed by atoms with Crippen LogP contribution in [-0.4, -0.2) is 32.2 Å². The molecular weight excluding hydrogens is 256 g/mol. The molecule has 0 saturated carbocycles. The van der Waals surface area contributed by atoms with Crippen molar-refractivity contribution in [2.75, 3.05) is 11.9 Å². The third-order valence-corrected chi connectivity index (χ3v) is 3.06. The molecule has 0 amide bonds. The molecule has 20 heavy (non-hydrogen) atoms. The molecule has 6 heteroatoms. The van der Waals surface area contributed by atoms with Gasteiger partial charge in [-0.1, -0.05) is 6.92 Å². The molecule has 2 N–H and O–H groups in total. The summed E-state index contributed by atoms with van der Waals surface area (Å²) in [6.45, 7) is 2.61. The van der Waals surface area contributed by atoms with E-state index in [1.54, 1.807) is 18.3 Å². The molecule has 0 aliphatic heterocycles. The quantitative estimate of drug-likeness (QED) is 0.838. The molecule has 0 atom stereocenters. The number of rotatable bonds is 6. The van der Waals surface area contributed by atoms with Crippen LogP contribution in [0.3, 0.4) is 0 Å². The van der Waals surface area contributed by atoms with Crippen LogP contribution in [0, 0.1) is 0 Å². The second-order valence-corrected chi connectivity index (χ2v) is 4.52. The molecule has 0 spiro atoms. The number of nitrogens with zero attached hydrogens (tertiary/aromatic N) is 3. The number of hydrogen-bond donors (Lipinski definition) is 2. The Morgan fingerprint density at radius 1 is 1.45 bits per heavy atom. The minimum absolute atomic E-state index is 0.261. The number of carbonyl (C=O) groups is 1. The first-order valence-corrected chi connectivity index (χ1v) is 6.54. The monoisotopic (exact) mass is 274 g/mol. The number of carboxylic acid groups (broad SMARTS) is 1. The fourth-order valence-corrected chi connectivity index (χ4v) is 1.92. The number of aromatic nitrogens is 3. The van der Waals surface area contributed by atoms with E-state index in [9.17, 15) is 4.79 Å². The van der Waals surface area contributed by atoms with Crippen LogP contribution in [0.5, 0.6) is 0 Å². The molecule has 2 rings (SSSR count). The molecular formula is C14H18N4O2. The Balaban J connectivity index is 2.03. The zero-order valence-electron chi connectivity index (χ0n) is 11.6.